The Bertz CT molecular complexity index is 483. The van der Waals surface area contributed by atoms with Gasteiger partial charge in [0.1, 0.15) is 0 Å². The maximum atomic E-state index is 5.76. The van der Waals surface area contributed by atoms with Gasteiger partial charge in [-0.2, -0.15) is 10.1 Å². The quantitative estimate of drug-likeness (QED) is 0.840. The predicted octanol–water partition coefficient (Wildman–Crippen LogP) is 1.51. The molecule has 0 saturated carbocycles. The van der Waals surface area contributed by atoms with Crippen LogP contribution in [0.25, 0.3) is 5.82 Å². The summed E-state index contributed by atoms with van der Waals surface area (Å²) in [6.45, 7) is 0. The first kappa shape index (κ1) is 9.79. The number of ether oxygens (including phenoxy) is 1. The first-order valence-corrected chi connectivity index (χ1v) is 4.59. The zero-order valence-electron chi connectivity index (χ0n) is 8.01. The van der Waals surface area contributed by atoms with Gasteiger partial charge in [-0.1, -0.05) is 11.6 Å². The second-order valence-electron chi connectivity index (χ2n) is 2.87. The summed E-state index contributed by atoms with van der Waals surface area (Å²) in [5, 5.41) is 4.54. The van der Waals surface area contributed by atoms with Crippen LogP contribution in [0, 0.1) is 0 Å². The van der Waals surface area contributed by atoms with Crippen molar-refractivity contribution in [3.05, 3.63) is 29.5 Å². The molecule has 0 aliphatic carbocycles. The van der Waals surface area contributed by atoms with Crippen molar-refractivity contribution in [2.45, 2.75) is 0 Å². The first-order valence-electron chi connectivity index (χ1n) is 4.22. The van der Waals surface area contributed by atoms with E-state index in [0.29, 0.717) is 22.4 Å². The molecule has 2 aromatic heterocycles. The molecule has 0 unspecified atom stereocenters. The average Bonchev–Trinajstić information content (AvgIpc) is 2.65. The monoisotopic (exact) mass is 224 g/mol. The van der Waals surface area contributed by atoms with Crippen molar-refractivity contribution in [3.63, 3.8) is 0 Å². The van der Waals surface area contributed by atoms with Crippen LogP contribution in [0.4, 0.5) is 5.69 Å². The Hall–Kier alpha value is -1.75. The zero-order chi connectivity index (χ0) is 10.8. The third-order valence-electron chi connectivity index (χ3n) is 1.86. The molecule has 15 heavy (non-hydrogen) atoms. The van der Waals surface area contributed by atoms with Gasteiger partial charge in [-0.05, 0) is 6.07 Å². The topological polar surface area (TPSA) is 66.0 Å². The van der Waals surface area contributed by atoms with E-state index >= 15 is 0 Å². The molecule has 2 N–H and O–H groups in total. The number of pyridine rings is 1. The van der Waals surface area contributed by atoms with Crippen molar-refractivity contribution in [1.82, 2.24) is 14.8 Å². The summed E-state index contributed by atoms with van der Waals surface area (Å²) in [5.41, 5.74) is 6.27. The van der Waals surface area contributed by atoms with Gasteiger partial charge in [-0.15, -0.1) is 0 Å². The number of nitrogens with zero attached hydrogens (tertiary/aromatic N) is 3. The zero-order valence-corrected chi connectivity index (χ0v) is 8.77. The molecule has 0 aliphatic heterocycles. The molecule has 78 valence electrons. The first-order chi connectivity index (χ1) is 7.20. The Balaban J connectivity index is 2.51. The van der Waals surface area contributed by atoms with Crippen LogP contribution in [0.3, 0.4) is 0 Å². The summed E-state index contributed by atoms with van der Waals surface area (Å²) in [6.07, 6.45) is 3.14. The number of nitrogens with two attached hydrogens (primary N) is 1. The van der Waals surface area contributed by atoms with E-state index in [1.165, 1.54) is 10.9 Å². The molecular formula is C9H9ClN4O. The van der Waals surface area contributed by atoms with Crippen LogP contribution in [-0.4, -0.2) is 21.9 Å². The number of hydrogen-bond donors (Lipinski definition) is 1. The molecule has 2 aromatic rings. The number of aromatic nitrogens is 3. The predicted molar refractivity (Wildman–Crippen MR) is 57.3 cm³/mol. The Labute approximate surface area is 91.4 Å². The van der Waals surface area contributed by atoms with Gasteiger partial charge in [0.25, 0.3) is 0 Å². The van der Waals surface area contributed by atoms with E-state index in [1.807, 2.05) is 0 Å². The summed E-state index contributed by atoms with van der Waals surface area (Å²) < 4.78 is 6.50. The van der Waals surface area contributed by atoms with E-state index in [1.54, 1.807) is 25.4 Å². The van der Waals surface area contributed by atoms with Crippen molar-refractivity contribution in [3.8, 4) is 11.7 Å². The van der Waals surface area contributed by atoms with Crippen molar-refractivity contribution >= 4 is 17.3 Å². The van der Waals surface area contributed by atoms with E-state index in [0.717, 1.165) is 0 Å². The number of methoxy groups -OCH3 is 1. The molecule has 0 aromatic carbocycles. The van der Waals surface area contributed by atoms with Gasteiger partial charge in [0, 0.05) is 6.07 Å². The summed E-state index contributed by atoms with van der Waals surface area (Å²) in [4.78, 5) is 4.17. The molecule has 5 nitrogen and oxygen atoms in total. The van der Waals surface area contributed by atoms with Crippen LogP contribution in [-0.2, 0) is 0 Å². The Morgan fingerprint density at radius 3 is 2.87 bits per heavy atom. The van der Waals surface area contributed by atoms with E-state index < -0.39 is 0 Å². The lowest BCUT2D eigenvalue weighted by molar-refractivity contribution is 0.397. The van der Waals surface area contributed by atoms with Crippen molar-refractivity contribution in [2.24, 2.45) is 0 Å². The largest absolute Gasteiger partial charge is 0.481 e. The second-order valence-corrected chi connectivity index (χ2v) is 3.31. The van der Waals surface area contributed by atoms with Crippen LogP contribution in [0.15, 0.2) is 24.5 Å². The number of rotatable bonds is 2. The fourth-order valence-corrected chi connectivity index (χ4v) is 1.29. The maximum absolute atomic E-state index is 5.76. The maximum Gasteiger partial charge on any atom is 0.215 e. The molecular weight excluding hydrogens is 216 g/mol. The lowest BCUT2D eigenvalue weighted by Gasteiger charge is -2.06. The van der Waals surface area contributed by atoms with Crippen molar-refractivity contribution in [2.75, 3.05) is 12.8 Å². The number of hydrogen-bond acceptors (Lipinski definition) is 4. The number of nitrogen functional groups attached to an aromatic ring is 1. The summed E-state index contributed by atoms with van der Waals surface area (Å²) in [6, 6.07) is 3.39. The highest BCUT2D eigenvalue weighted by Crippen LogP contribution is 2.19. The molecule has 0 saturated heterocycles. The standard InChI is InChI=1S/C9H9ClN4O/c1-15-8-3-2-7(11)9(13-8)14-5-6(10)4-12-14/h2-5H,11H2,1H3. The molecule has 0 radical (unpaired) electrons. The second kappa shape index (κ2) is 3.78. The SMILES string of the molecule is COc1ccc(N)c(-n2cc(Cl)cn2)n1. The van der Waals surface area contributed by atoms with Gasteiger partial charge in [-0.25, -0.2) is 4.68 Å². The Morgan fingerprint density at radius 1 is 1.47 bits per heavy atom. The van der Waals surface area contributed by atoms with E-state index in [2.05, 4.69) is 10.1 Å². The summed E-state index contributed by atoms with van der Waals surface area (Å²) >= 11 is 5.75. The normalized spacial score (nSPS) is 10.3. The lowest BCUT2D eigenvalue weighted by atomic mass is 10.4. The number of halogens is 1. The van der Waals surface area contributed by atoms with Crippen LogP contribution < -0.4 is 10.5 Å². The molecule has 0 atom stereocenters. The van der Waals surface area contributed by atoms with Gasteiger partial charge < -0.3 is 10.5 Å². The minimum Gasteiger partial charge on any atom is -0.481 e. The van der Waals surface area contributed by atoms with Gasteiger partial charge in [0.05, 0.1) is 30.2 Å². The van der Waals surface area contributed by atoms with Crippen LogP contribution in [0.5, 0.6) is 5.88 Å². The smallest absolute Gasteiger partial charge is 0.215 e. The summed E-state index contributed by atoms with van der Waals surface area (Å²) in [5.74, 6) is 0.979. The Kier molecular flexibility index (Phi) is 2.47. The lowest BCUT2D eigenvalue weighted by Crippen LogP contribution is -2.04. The van der Waals surface area contributed by atoms with Crippen LogP contribution >= 0.6 is 11.6 Å². The fourth-order valence-electron chi connectivity index (χ4n) is 1.16. The van der Waals surface area contributed by atoms with E-state index in [-0.39, 0.29) is 0 Å². The highest BCUT2D eigenvalue weighted by Gasteiger charge is 2.06. The molecule has 0 fully saturated rings. The molecule has 0 aliphatic rings. The van der Waals surface area contributed by atoms with Gasteiger partial charge in [0.15, 0.2) is 5.82 Å². The molecule has 0 spiro atoms. The van der Waals surface area contributed by atoms with E-state index in [9.17, 15) is 0 Å². The number of anilines is 1. The molecule has 0 bridgehead atoms. The fraction of sp³-hybridized carbons (Fsp3) is 0.111. The van der Waals surface area contributed by atoms with Gasteiger partial charge in [-0.3, -0.25) is 0 Å². The Morgan fingerprint density at radius 2 is 2.27 bits per heavy atom. The van der Waals surface area contributed by atoms with Crippen LogP contribution in [0.1, 0.15) is 0 Å². The molecule has 2 heterocycles. The highest BCUT2D eigenvalue weighted by atomic mass is 35.5. The average molecular weight is 225 g/mol. The van der Waals surface area contributed by atoms with Crippen molar-refractivity contribution < 1.29 is 4.74 Å². The highest BCUT2D eigenvalue weighted by molar-refractivity contribution is 6.30. The molecule has 6 heteroatoms. The minimum atomic E-state index is 0.478. The van der Waals surface area contributed by atoms with Gasteiger partial charge in [0.2, 0.25) is 5.88 Å². The third kappa shape index (κ3) is 1.87. The molecule has 0 amide bonds. The summed E-state index contributed by atoms with van der Waals surface area (Å²) in [7, 11) is 1.54. The minimum absolute atomic E-state index is 0.478. The van der Waals surface area contributed by atoms with Crippen molar-refractivity contribution in [1.29, 1.82) is 0 Å². The molecule has 2 rings (SSSR count). The van der Waals surface area contributed by atoms with E-state index in [4.69, 9.17) is 22.1 Å². The third-order valence-corrected chi connectivity index (χ3v) is 2.05. The van der Waals surface area contributed by atoms with Gasteiger partial charge >= 0.3 is 0 Å². The van der Waals surface area contributed by atoms with Crippen LogP contribution in [0.2, 0.25) is 5.02 Å².